The summed E-state index contributed by atoms with van der Waals surface area (Å²) in [6.45, 7) is 56.0. The Hall–Kier alpha value is -10.9. The van der Waals surface area contributed by atoms with E-state index in [4.69, 9.17) is 0 Å². The predicted octanol–water partition coefficient (Wildman–Crippen LogP) is 35.3. The third-order valence-corrected chi connectivity index (χ3v) is 18.0. The van der Waals surface area contributed by atoms with E-state index in [9.17, 15) is 0 Å². The molecule has 14 rings (SSSR count). The minimum Gasteiger partial charge on any atom is -0.0683 e. The second-order valence-electron chi connectivity index (χ2n) is 22.6. The van der Waals surface area contributed by atoms with E-state index >= 15 is 0 Å². The van der Waals surface area contributed by atoms with Gasteiger partial charge in [0.25, 0.3) is 0 Å². The molecule has 0 saturated carbocycles. The quantitative estimate of drug-likeness (QED) is 0.0846. The zero-order valence-electron chi connectivity index (χ0n) is 77.3. The largest absolute Gasteiger partial charge is 0.0701 e. The van der Waals surface area contributed by atoms with E-state index in [1.165, 1.54) is 89.0 Å². The van der Waals surface area contributed by atoms with Gasteiger partial charge in [-0.05, 0) is 89.0 Å². The molecule has 14 aromatic carbocycles. The summed E-state index contributed by atoms with van der Waals surface area (Å²) in [6, 6.07) is 150. The maximum atomic E-state index is 2.46. The Bertz CT molecular complexity index is 3720. The monoisotopic (exact) mass is 1550 g/mol. The predicted molar refractivity (Wildman–Crippen MR) is 525 cm³/mol. The van der Waals surface area contributed by atoms with Crippen molar-refractivity contribution in [3.05, 3.63) is 502 Å². The molecule has 116 heavy (non-hydrogen) atoms. The van der Waals surface area contributed by atoms with Crippen LogP contribution < -0.4 is 0 Å². The fourth-order valence-corrected chi connectivity index (χ4v) is 14.2. The first-order chi connectivity index (χ1) is 57.7. The third kappa shape index (κ3) is 26.6. The summed E-state index contributed by atoms with van der Waals surface area (Å²) in [5.41, 5.74) is 17.7. The van der Waals surface area contributed by atoms with Crippen LogP contribution in [0, 0.1) is 0 Å². The molecule has 0 bridgehead atoms. The molecular weight excluding hydrogens is 1390 g/mol. The zero-order valence-corrected chi connectivity index (χ0v) is 77.3. The summed E-state index contributed by atoms with van der Waals surface area (Å²) in [5, 5.41) is 0. The smallest absolute Gasteiger partial charge is 0.0683 e. The van der Waals surface area contributed by atoms with E-state index in [0.717, 1.165) is 0 Å². The van der Waals surface area contributed by atoms with Gasteiger partial charge in [-0.25, -0.2) is 0 Å². The molecule has 0 aliphatic heterocycles. The van der Waals surface area contributed by atoms with Gasteiger partial charge >= 0.3 is 0 Å². The van der Waals surface area contributed by atoms with Crippen LogP contribution in [-0.4, -0.2) is 0 Å². The molecule has 616 valence electrons. The van der Waals surface area contributed by atoms with Gasteiger partial charge in [0.15, 0.2) is 0 Å². The average molecular weight is 1550 g/mol. The van der Waals surface area contributed by atoms with Gasteiger partial charge in [-0.2, -0.15) is 0 Å². The van der Waals surface area contributed by atoms with Crippen molar-refractivity contribution in [1.82, 2.24) is 0 Å². The molecular formula is C116H152. The molecule has 0 spiro atoms. The first kappa shape index (κ1) is 107. The summed E-state index contributed by atoms with van der Waals surface area (Å²) >= 11 is 0. The van der Waals surface area contributed by atoms with Gasteiger partial charge in [0.1, 0.15) is 0 Å². The third-order valence-electron chi connectivity index (χ3n) is 18.0. The SMILES string of the molecule is CC.CC.CC.CC.CC.CC.CC.CC.CC.CC.CC.CC.CC.CC.c1ccc(C(c2ccccc2)(c2ccccc2)c2ccc(C(c3ccccc3)(c3ccccc3)c3ccccc3)cc2)cc1.c1ccc(C(c2ccccc2)(c2ccccc2)c2cccc(C(c3ccccc3)(c3ccccc3)c3ccccc3)c2)cc1. The van der Waals surface area contributed by atoms with Gasteiger partial charge in [-0.1, -0.05) is 606 Å². The van der Waals surface area contributed by atoms with Crippen LogP contribution in [0.1, 0.15) is 283 Å². The minimum absolute atomic E-state index is 0.489. The van der Waals surface area contributed by atoms with Crippen LogP contribution in [0.3, 0.4) is 0 Å². The molecule has 0 unspecified atom stereocenters. The highest BCUT2D eigenvalue weighted by Gasteiger charge is 2.44. The van der Waals surface area contributed by atoms with Gasteiger partial charge in [0, 0.05) is 0 Å². The van der Waals surface area contributed by atoms with Gasteiger partial charge in [0.05, 0.1) is 21.7 Å². The highest BCUT2D eigenvalue weighted by atomic mass is 14.5. The van der Waals surface area contributed by atoms with E-state index in [1.54, 1.807) is 0 Å². The van der Waals surface area contributed by atoms with Crippen LogP contribution in [0.4, 0.5) is 0 Å². The van der Waals surface area contributed by atoms with E-state index in [1.807, 2.05) is 194 Å². The molecule has 0 saturated heterocycles. The van der Waals surface area contributed by atoms with Crippen LogP contribution in [-0.2, 0) is 21.7 Å². The molecule has 0 N–H and O–H groups in total. The first-order valence-corrected chi connectivity index (χ1v) is 44.6. The lowest BCUT2D eigenvalue weighted by Crippen LogP contribution is -2.34. The van der Waals surface area contributed by atoms with Crippen molar-refractivity contribution >= 4 is 0 Å². The highest BCUT2D eigenvalue weighted by molar-refractivity contribution is 5.67. The van der Waals surface area contributed by atoms with Crippen molar-refractivity contribution < 1.29 is 0 Å². The Balaban J connectivity index is 0. The van der Waals surface area contributed by atoms with Crippen molar-refractivity contribution in [3.8, 4) is 0 Å². The van der Waals surface area contributed by atoms with Crippen LogP contribution in [0.15, 0.2) is 413 Å². The summed E-state index contributed by atoms with van der Waals surface area (Å²) in [6.07, 6.45) is 0. The standard InChI is InChI=1S/2C44H34.14C2H6/c1-7-20-35(21-8-1)43(36-22-9-2-10-23-36,37-24-11-3-12-25-37)41-32-19-33-42(34-41)44(38-26-13-4-14-27-38,39-28-15-5-16-29-39)40-30-17-6-18-31-40;1-7-19-35(20-8-1)43(36-21-9-2-10-22-36,37-23-11-3-12-24-37)41-31-33-42(34-32-41)44(38-25-13-4-14-26-38,39-27-15-5-16-28-39)40-29-17-6-18-30-40;14*1-2/h2*1-34H;14*1-2H3. The Kier molecular flexibility index (Phi) is 61.3. The van der Waals surface area contributed by atoms with Crippen molar-refractivity contribution in [2.45, 2.75) is 216 Å². The first-order valence-electron chi connectivity index (χ1n) is 44.6. The second-order valence-corrected chi connectivity index (χ2v) is 22.6. The Morgan fingerprint density at radius 1 is 0.0862 bits per heavy atom. The molecule has 0 aromatic heterocycles. The molecule has 0 aliphatic rings. The van der Waals surface area contributed by atoms with E-state index in [-0.39, 0.29) is 0 Å². The topological polar surface area (TPSA) is 0 Å². The number of rotatable bonds is 16. The van der Waals surface area contributed by atoms with Gasteiger partial charge in [0.2, 0.25) is 0 Å². The van der Waals surface area contributed by atoms with Gasteiger partial charge in [-0.15, -0.1) is 0 Å². The summed E-state index contributed by atoms with van der Waals surface area (Å²) in [7, 11) is 0. The molecule has 0 amide bonds. The number of hydrogen-bond donors (Lipinski definition) is 0. The van der Waals surface area contributed by atoms with Gasteiger partial charge in [-0.3, -0.25) is 0 Å². The fraction of sp³-hybridized carbons (Fsp3) is 0.276. The van der Waals surface area contributed by atoms with Gasteiger partial charge < -0.3 is 0 Å². The molecule has 0 aliphatic carbocycles. The molecule has 0 fully saturated rings. The van der Waals surface area contributed by atoms with Crippen molar-refractivity contribution in [2.24, 2.45) is 0 Å². The molecule has 0 nitrogen and oxygen atoms in total. The molecule has 0 radical (unpaired) electrons. The second kappa shape index (κ2) is 66.4. The van der Waals surface area contributed by atoms with Crippen molar-refractivity contribution in [3.63, 3.8) is 0 Å². The van der Waals surface area contributed by atoms with E-state index < -0.39 is 21.7 Å². The number of hydrogen-bond acceptors (Lipinski definition) is 0. The molecule has 14 aromatic rings. The van der Waals surface area contributed by atoms with Crippen molar-refractivity contribution in [1.29, 1.82) is 0 Å². The number of benzene rings is 14. The average Bonchev–Trinajstić information content (AvgIpc) is 0.726. The molecule has 0 heteroatoms. The minimum atomic E-state index is -0.532. The lowest BCUT2D eigenvalue weighted by atomic mass is 9.62. The Morgan fingerprint density at radius 3 is 0.267 bits per heavy atom. The molecule has 0 heterocycles. The van der Waals surface area contributed by atoms with Crippen LogP contribution in [0.2, 0.25) is 0 Å². The van der Waals surface area contributed by atoms with E-state index in [2.05, 4.69) is 413 Å². The lowest BCUT2D eigenvalue weighted by molar-refractivity contribution is 0.718. The van der Waals surface area contributed by atoms with E-state index in [0.29, 0.717) is 0 Å². The lowest BCUT2D eigenvalue weighted by Gasteiger charge is -2.40. The fourth-order valence-electron chi connectivity index (χ4n) is 14.2. The Labute approximate surface area is 712 Å². The molecule has 0 atom stereocenters. The summed E-state index contributed by atoms with van der Waals surface area (Å²) in [5.74, 6) is 0. The van der Waals surface area contributed by atoms with Crippen molar-refractivity contribution in [2.75, 3.05) is 0 Å². The Morgan fingerprint density at radius 2 is 0.164 bits per heavy atom. The summed E-state index contributed by atoms with van der Waals surface area (Å²) in [4.78, 5) is 0. The maximum Gasteiger partial charge on any atom is 0.0701 e. The van der Waals surface area contributed by atoms with Crippen LogP contribution in [0.25, 0.3) is 0 Å². The summed E-state index contributed by atoms with van der Waals surface area (Å²) < 4.78 is 0. The van der Waals surface area contributed by atoms with Crippen LogP contribution in [0.5, 0.6) is 0 Å². The highest BCUT2D eigenvalue weighted by Crippen LogP contribution is 2.52. The zero-order chi connectivity index (χ0) is 87.3. The van der Waals surface area contributed by atoms with Crippen LogP contribution >= 0.6 is 0 Å². The normalized spacial score (nSPS) is 9.55. The maximum absolute atomic E-state index is 2.46.